The first-order valence-electron chi connectivity index (χ1n) is 7.43. The number of hydrogen-bond donors (Lipinski definition) is 2. The number of benzene rings is 1. The van der Waals surface area contributed by atoms with Crippen molar-refractivity contribution in [3.8, 4) is 0 Å². The van der Waals surface area contributed by atoms with Crippen molar-refractivity contribution in [2.45, 2.75) is 32.0 Å². The van der Waals surface area contributed by atoms with Gasteiger partial charge in [-0.25, -0.2) is 0 Å². The standard InChI is InChI=1S/C15H14I2N3O5/c16-17-19-15(24)25-7-8-1-2-9-6-20(14(23)10(9)5-8)11-3-4-12(21)18-13(11)22/h1-2,5,11H,3-4,6-7H2,(H,19,24)(H,18,21,22)/q-1. The number of halogens is 2. The Morgan fingerprint density at radius 1 is 1.40 bits per heavy atom. The van der Waals surface area contributed by atoms with Crippen LogP contribution in [0, 0.1) is 0 Å². The van der Waals surface area contributed by atoms with Crippen molar-refractivity contribution in [1.29, 1.82) is 0 Å². The number of fused-ring (bicyclic) bond motifs is 1. The van der Waals surface area contributed by atoms with Gasteiger partial charge in [0.15, 0.2) is 0 Å². The van der Waals surface area contributed by atoms with Crippen LogP contribution in [0.5, 0.6) is 0 Å². The van der Waals surface area contributed by atoms with Gasteiger partial charge < -0.3 is 0 Å². The molecule has 1 saturated heterocycles. The number of ether oxygens (including phenoxy) is 1. The van der Waals surface area contributed by atoms with E-state index >= 15 is 0 Å². The summed E-state index contributed by atoms with van der Waals surface area (Å²) >= 11 is 1.68. The Kier molecular flexibility index (Phi) is 5.76. The molecule has 2 N–H and O–H groups in total. The fourth-order valence-electron chi connectivity index (χ4n) is 2.90. The Morgan fingerprint density at radius 3 is 2.92 bits per heavy atom. The van der Waals surface area contributed by atoms with E-state index in [-0.39, 0.29) is 24.8 Å². The molecule has 0 aliphatic carbocycles. The minimum atomic E-state index is -0.629. The zero-order valence-electron chi connectivity index (χ0n) is 12.9. The second-order valence-electron chi connectivity index (χ2n) is 5.63. The zero-order valence-corrected chi connectivity index (χ0v) is 17.2. The Balaban J connectivity index is 1.70. The summed E-state index contributed by atoms with van der Waals surface area (Å²) in [4.78, 5) is 48.8. The molecule has 1 fully saturated rings. The molecule has 2 heterocycles. The molecule has 25 heavy (non-hydrogen) atoms. The van der Waals surface area contributed by atoms with E-state index in [2.05, 4.69) is 27.5 Å². The third kappa shape index (κ3) is 4.04. The molecule has 3 rings (SSSR count). The second kappa shape index (κ2) is 7.85. The second-order valence-corrected chi connectivity index (χ2v) is 9.32. The number of nitrogens with zero attached hydrogens (tertiary/aromatic N) is 1. The Bertz CT molecular complexity index is 755. The van der Waals surface area contributed by atoms with Crippen LogP contribution in [0.25, 0.3) is 0 Å². The van der Waals surface area contributed by atoms with Gasteiger partial charge in [-0.15, -0.1) is 0 Å². The van der Waals surface area contributed by atoms with E-state index in [4.69, 9.17) is 4.74 Å². The third-order valence-electron chi connectivity index (χ3n) is 4.08. The summed E-state index contributed by atoms with van der Waals surface area (Å²) in [5.74, 6) is -0.981. The van der Waals surface area contributed by atoms with Gasteiger partial charge in [-0.05, 0) is 0 Å². The Hall–Kier alpha value is -1.44. The molecule has 0 spiro atoms. The topological polar surface area (TPSA) is 105 Å². The molecule has 2 aliphatic heterocycles. The summed E-state index contributed by atoms with van der Waals surface area (Å²) in [6.45, 7) is 0.409. The fourth-order valence-corrected chi connectivity index (χ4v) is 4.34. The molecule has 1 unspecified atom stereocenters. The van der Waals surface area contributed by atoms with E-state index in [1.165, 1.54) is 4.90 Å². The van der Waals surface area contributed by atoms with Gasteiger partial charge >= 0.3 is 154 Å². The van der Waals surface area contributed by atoms with Crippen LogP contribution in [-0.4, -0.2) is 34.8 Å². The van der Waals surface area contributed by atoms with Crippen LogP contribution < -0.4 is 26.4 Å². The van der Waals surface area contributed by atoms with Gasteiger partial charge in [0.05, 0.1) is 0 Å². The van der Waals surface area contributed by atoms with E-state index in [0.29, 0.717) is 24.1 Å². The summed E-state index contributed by atoms with van der Waals surface area (Å²) in [7, 11) is 0. The summed E-state index contributed by atoms with van der Waals surface area (Å²) in [6.07, 6.45) is 0.0866. The predicted molar refractivity (Wildman–Crippen MR) is 89.8 cm³/mol. The summed E-state index contributed by atoms with van der Waals surface area (Å²) in [5.41, 5.74) is 2.03. The van der Waals surface area contributed by atoms with Crippen molar-refractivity contribution in [3.63, 3.8) is 0 Å². The van der Waals surface area contributed by atoms with Crippen LogP contribution in [-0.2, 0) is 27.5 Å². The number of piperidine rings is 1. The van der Waals surface area contributed by atoms with Crippen LogP contribution in [0.2, 0.25) is 0 Å². The van der Waals surface area contributed by atoms with E-state index in [1.54, 1.807) is 18.2 Å². The molecule has 2 aliphatic rings. The van der Waals surface area contributed by atoms with Crippen molar-refractivity contribution >= 4 is 42.4 Å². The number of hydrogen-bond acceptors (Lipinski definition) is 5. The van der Waals surface area contributed by atoms with Crippen molar-refractivity contribution in [2.24, 2.45) is 0 Å². The SMILES string of the molecule is O=C1CCC(N2Cc3ccc(COC(=O)N[I-]I)cc3C2=O)C(=O)N1. The van der Waals surface area contributed by atoms with Gasteiger partial charge in [0.25, 0.3) is 0 Å². The number of nitrogens with one attached hydrogen (secondary N) is 2. The van der Waals surface area contributed by atoms with E-state index in [0.717, 1.165) is 5.56 Å². The number of imide groups is 1. The first-order valence-corrected chi connectivity index (χ1v) is 14.8. The van der Waals surface area contributed by atoms with E-state index < -0.39 is 35.5 Å². The Labute approximate surface area is 163 Å². The zero-order chi connectivity index (χ0) is 18.0. The number of carbonyl (C=O) groups excluding carboxylic acids is 4. The fraction of sp³-hybridized carbons (Fsp3) is 0.333. The minimum absolute atomic E-state index is 0.0746. The molecule has 0 saturated carbocycles. The summed E-state index contributed by atoms with van der Waals surface area (Å²) in [5, 5.41) is 2.28. The maximum absolute atomic E-state index is 12.7. The summed E-state index contributed by atoms with van der Waals surface area (Å²) in [6, 6.07) is 4.67. The summed E-state index contributed by atoms with van der Waals surface area (Å²) < 4.78 is 7.71. The van der Waals surface area contributed by atoms with Crippen LogP contribution in [0.15, 0.2) is 18.2 Å². The average molecular weight is 570 g/mol. The van der Waals surface area contributed by atoms with Crippen LogP contribution in [0.3, 0.4) is 0 Å². The van der Waals surface area contributed by atoms with Crippen LogP contribution >= 0.6 is 18.6 Å². The number of amides is 4. The molecule has 10 heteroatoms. The van der Waals surface area contributed by atoms with Gasteiger partial charge in [0.2, 0.25) is 5.91 Å². The van der Waals surface area contributed by atoms with Gasteiger partial charge in [0.1, 0.15) is 0 Å². The molecule has 134 valence electrons. The van der Waals surface area contributed by atoms with E-state index in [1.807, 2.05) is 0 Å². The molecular weight excluding hydrogens is 556 g/mol. The molecule has 1 aromatic rings. The van der Waals surface area contributed by atoms with Crippen molar-refractivity contribution < 1.29 is 41.4 Å². The van der Waals surface area contributed by atoms with Crippen molar-refractivity contribution in [2.75, 3.05) is 0 Å². The molecule has 0 bridgehead atoms. The number of rotatable bonds is 4. The molecular formula is C15H14I2N3O5-. The molecule has 8 nitrogen and oxygen atoms in total. The normalized spacial score (nSPS) is 19.6. The van der Waals surface area contributed by atoms with Gasteiger partial charge in [-0.1, -0.05) is 0 Å². The molecule has 4 amide bonds. The van der Waals surface area contributed by atoms with Gasteiger partial charge in [-0.2, -0.15) is 0 Å². The first kappa shape index (κ1) is 18.4. The van der Waals surface area contributed by atoms with Crippen LogP contribution in [0.1, 0.15) is 34.3 Å². The third-order valence-corrected chi connectivity index (χ3v) is 6.09. The first-order chi connectivity index (χ1) is 12.0. The quantitative estimate of drug-likeness (QED) is 0.249. The van der Waals surface area contributed by atoms with Gasteiger partial charge in [0, 0.05) is 0 Å². The van der Waals surface area contributed by atoms with Crippen molar-refractivity contribution in [3.05, 3.63) is 34.9 Å². The monoisotopic (exact) mass is 570 g/mol. The average Bonchev–Trinajstić information content (AvgIpc) is 2.90. The maximum atomic E-state index is 12.7. The van der Waals surface area contributed by atoms with Crippen molar-refractivity contribution in [1.82, 2.24) is 13.7 Å². The molecule has 1 atom stereocenters. The Morgan fingerprint density at radius 2 is 2.20 bits per heavy atom. The molecule has 0 radical (unpaired) electrons. The predicted octanol–water partition coefficient (Wildman–Crippen LogP) is -1.97. The number of carbonyl (C=O) groups is 4. The van der Waals surface area contributed by atoms with Gasteiger partial charge in [-0.3, -0.25) is 4.79 Å². The van der Waals surface area contributed by atoms with E-state index in [9.17, 15) is 19.2 Å². The molecule has 1 aromatic carbocycles. The van der Waals surface area contributed by atoms with Crippen LogP contribution in [0.4, 0.5) is 4.79 Å². The molecule has 0 aromatic heterocycles.